The zero-order valence-corrected chi connectivity index (χ0v) is 30.8. The maximum atomic E-state index is 6.84. The van der Waals surface area contributed by atoms with Crippen molar-refractivity contribution in [1.29, 1.82) is 0 Å². The second-order valence-corrected chi connectivity index (χ2v) is 14.4. The predicted octanol–water partition coefficient (Wildman–Crippen LogP) is 14.1. The lowest BCUT2D eigenvalue weighted by atomic mass is 9.95. The number of nitrogens with zero attached hydrogens (tertiary/aromatic N) is 3. The number of benzene rings is 9. The van der Waals surface area contributed by atoms with E-state index in [2.05, 4.69) is 182 Å². The second-order valence-electron chi connectivity index (χ2n) is 14.4. The van der Waals surface area contributed by atoms with Crippen LogP contribution in [-0.2, 0) is 0 Å². The van der Waals surface area contributed by atoms with Gasteiger partial charge in [0.15, 0.2) is 17.5 Å². The van der Waals surface area contributed by atoms with Gasteiger partial charge in [0.25, 0.3) is 0 Å². The van der Waals surface area contributed by atoms with E-state index in [1.807, 2.05) is 18.2 Å². The van der Waals surface area contributed by atoms with Crippen molar-refractivity contribution in [3.63, 3.8) is 0 Å². The molecule has 11 rings (SSSR count). The molecule has 0 radical (unpaired) electrons. The Bertz CT molecular complexity index is 3220. The lowest BCUT2D eigenvalue weighted by Gasteiger charge is -2.13. The lowest BCUT2D eigenvalue weighted by molar-refractivity contribution is 0.670. The van der Waals surface area contributed by atoms with E-state index in [1.54, 1.807) is 0 Å². The van der Waals surface area contributed by atoms with Gasteiger partial charge in [0, 0.05) is 33.0 Å². The first-order valence-corrected chi connectivity index (χ1v) is 19.2. The van der Waals surface area contributed by atoms with Gasteiger partial charge >= 0.3 is 0 Å². The fourth-order valence-corrected chi connectivity index (χ4v) is 8.03. The number of furan rings is 1. The SMILES string of the molecule is c1ccc(-c2cc(-c3ccccc3)cc(-c3nc(-c4ccc5ccccc5c4)nc(-c4ccc(-c5ccccc5)c5oc6cc7ccccc7cc6c45)n3)c2)cc1. The van der Waals surface area contributed by atoms with Gasteiger partial charge in [-0.25, -0.2) is 15.0 Å². The van der Waals surface area contributed by atoms with Crippen molar-refractivity contribution in [2.75, 3.05) is 0 Å². The molecule has 0 spiro atoms. The number of fused-ring (bicyclic) bond motifs is 5. The summed E-state index contributed by atoms with van der Waals surface area (Å²) in [5.74, 6) is 1.78. The summed E-state index contributed by atoms with van der Waals surface area (Å²) in [5, 5.41) is 6.54. The molecule has 0 unspecified atom stereocenters. The first-order valence-electron chi connectivity index (χ1n) is 19.2. The van der Waals surface area contributed by atoms with E-state index < -0.39 is 0 Å². The number of hydrogen-bond acceptors (Lipinski definition) is 4. The maximum absolute atomic E-state index is 6.84. The van der Waals surface area contributed by atoms with Gasteiger partial charge in [-0.3, -0.25) is 0 Å². The average Bonchev–Trinajstić information content (AvgIpc) is 3.66. The molecule has 2 heterocycles. The number of hydrogen-bond donors (Lipinski definition) is 0. The minimum atomic E-state index is 0.579. The first kappa shape index (κ1) is 32.7. The molecule has 0 N–H and O–H groups in total. The summed E-state index contributed by atoms with van der Waals surface area (Å²) in [6.07, 6.45) is 0. The van der Waals surface area contributed by atoms with Crippen molar-refractivity contribution in [3.8, 4) is 67.5 Å². The molecule has 0 saturated heterocycles. The normalized spacial score (nSPS) is 11.5. The third-order valence-corrected chi connectivity index (χ3v) is 10.9. The summed E-state index contributed by atoms with van der Waals surface area (Å²) < 4.78 is 6.84. The van der Waals surface area contributed by atoms with E-state index in [0.717, 1.165) is 93.6 Å². The molecule has 9 aromatic carbocycles. The number of rotatable bonds is 6. The molecule has 4 heteroatoms. The van der Waals surface area contributed by atoms with E-state index in [0.29, 0.717) is 17.5 Å². The van der Waals surface area contributed by atoms with Crippen molar-refractivity contribution in [1.82, 2.24) is 15.0 Å². The highest BCUT2D eigenvalue weighted by atomic mass is 16.3. The number of aromatic nitrogens is 3. The van der Waals surface area contributed by atoms with Gasteiger partial charge in [0.05, 0.1) is 0 Å². The van der Waals surface area contributed by atoms with Gasteiger partial charge in [0.2, 0.25) is 0 Å². The van der Waals surface area contributed by atoms with Crippen molar-refractivity contribution in [2.24, 2.45) is 0 Å². The third kappa shape index (κ3) is 5.92. The van der Waals surface area contributed by atoms with E-state index in [9.17, 15) is 0 Å². The average molecular weight is 728 g/mol. The Balaban J connectivity index is 1.20. The Morgan fingerprint density at radius 2 is 0.789 bits per heavy atom. The summed E-state index contributed by atoms with van der Waals surface area (Å²) in [6, 6.07) is 69.9. The van der Waals surface area contributed by atoms with Gasteiger partial charge in [-0.1, -0.05) is 152 Å². The van der Waals surface area contributed by atoms with Crippen LogP contribution in [0.3, 0.4) is 0 Å². The van der Waals surface area contributed by atoms with Crippen LogP contribution in [0.4, 0.5) is 0 Å². The van der Waals surface area contributed by atoms with E-state index >= 15 is 0 Å². The van der Waals surface area contributed by atoms with Crippen molar-refractivity contribution < 1.29 is 4.42 Å². The molecule has 11 aromatic rings. The van der Waals surface area contributed by atoms with Crippen LogP contribution < -0.4 is 0 Å². The lowest BCUT2D eigenvalue weighted by Crippen LogP contribution is -2.01. The van der Waals surface area contributed by atoms with Crippen LogP contribution in [0, 0.1) is 0 Å². The smallest absolute Gasteiger partial charge is 0.164 e. The predicted molar refractivity (Wildman–Crippen MR) is 235 cm³/mol. The van der Waals surface area contributed by atoms with Crippen LogP contribution >= 0.6 is 0 Å². The zero-order valence-electron chi connectivity index (χ0n) is 30.8. The van der Waals surface area contributed by atoms with Gasteiger partial charge in [-0.15, -0.1) is 0 Å². The monoisotopic (exact) mass is 727 g/mol. The highest BCUT2D eigenvalue weighted by Gasteiger charge is 2.22. The standard InChI is InChI=1S/C53H33N3O/c1-4-14-34(15-5-1)42-29-43(35-16-6-2-7-17-35)31-44(30-42)52-54-51(41-25-24-36-18-10-11-21-38(36)28-41)55-53(56-52)46-27-26-45(37-19-8-3-9-20-37)50-49(46)47-32-39-22-12-13-23-40(39)33-48(47)57-50/h1-33H. The molecular weight excluding hydrogens is 695 g/mol. The topological polar surface area (TPSA) is 51.8 Å². The summed E-state index contributed by atoms with van der Waals surface area (Å²) in [6.45, 7) is 0. The molecule has 266 valence electrons. The second kappa shape index (κ2) is 13.6. The first-order chi connectivity index (χ1) is 28.2. The minimum absolute atomic E-state index is 0.579. The Hall–Kier alpha value is -7.69. The van der Waals surface area contributed by atoms with Crippen LogP contribution in [0.25, 0.3) is 111 Å². The van der Waals surface area contributed by atoms with Crippen molar-refractivity contribution >= 4 is 43.5 Å². The largest absolute Gasteiger partial charge is 0.455 e. The molecule has 0 amide bonds. The molecule has 0 bridgehead atoms. The Kier molecular flexibility index (Phi) is 7.78. The highest BCUT2D eigenvalue weighted by Crippen LogP contribution is 2.43. The Morgan fingerprint density at radius 3 is 1.44 bits per heavy atom. The molecular formula is C53H33N3O. The molecule has 2 aromatic heterocycles. The molecule has 0 fully saturated rings. The van der Waals surface area contributed by atoms with Crippen LogP contribution in [0.1, 0.15) is 0 Å². The third-order valence-electron chi connectivity index (χ3n) is 10.9. The zero-order chi connectivity index (χ0) is 37.7. The van der Waals surface area contributed by atoms with Gasteiger partial charge < -0.3 is 4.42 Å². The molecule has 0 atom stereocenters. The molecule has 0 aliphatic rings. The quantitative estimate of drug-likeness (QED) is 0.171. The molecule has 57 heavy (non-hydrogen) atoms. The van der Waals surface area contributed by atoms with Crippen molar-refractivity contribution in [3.05, 3.63) is 200 Å². The fraction of sp³-hybridized carbons (Fsp3) is 0. The summed E-state index contributed by atoms with van der Waals surface area (Å²) >= 11 is 0. The van der Waals surface area contributed by atoms with Crippen LogP contribution in [0.5, 0.6) is 0 Å². The molecule has 0 aliphatic carbocycles. The Labute approximate surface area is 329 Å². The van der Waals surface area contributed by atoms with Gasteiger partial charge in [-0.2, -0.15) is 0 Å². The Morgan fingerprint density at radius 1 is 0.298 bits per heavy atom. The minimum Gasteiger partial charge on any atom is -0.455 e. The van der Waals surface area contributed by atoms with Crippen LogP contribution in [-0.4, -0.2) is 15.0 Å². The van der Waals surface area contributed by atoms with Gasteiger partial charge in [0.1, 0.15) is 11.2 Å². The van der Waals surface area contributed by atoms with Crippen LogP contribution in [0.15, 0.2) is 205 Å². The van der Waals surface area contributed by atoms with Crippen molar-refractivity contribution in [2.45, 2.75) is 0 Å². The molecule has 0 aliphatic heterocycles. The molecule has 4 nitrogen and oxygen atoms in total. The fourth-order valence-electron chi connectivity index (χ4n) is 8.03. The van der Waals surface area contributed by atoms with E-state index in [-0.39, 0.29) is 0 Å². The maximum Gasteiger partial charge on any atom is 0.164 e. The molecule has 0 saturated carbocycles. The van der Waals surface area contributed by atoms with E-state index in [4.69, 9.17) is 19.4 Å². The summed E-state index contributed by atoms with van der Waals surface area (Å²) in [5.41, 5.74) is 10.8. The summed E-state index contributed by atoms with van der Waals surface area (Å²) in [7, 11) is 0. The summed E-state index contributed by atoms with van der Waals surface area (Å²) in [4.78, 5) is 15.9. The van der Waals surface area contributed by atoms with Gasteiger partial charge in [-0.05, 0) is 97.9 Å². The van der Waals surface area contributed by atoms with E-state index in [1.165, 1.54) is 0 Å². The van der Waals surface area contributed by atoms with Crippen LogP contribution in [0.2, 0.25) is 0 Å². The highest BCUT2D eigenvalue weighted by molar-refractivity contribution is 6.18.